The smallest absolute Gasteiger partial charge is 0.0638 e. The second kappa shape index (κ2) is 7.17. The van der Waals surface area contributed by atoms with Crippen molar-refractivity contribution in [3.05, 3.63) is 0 Å². The van der Waals surface area contributed by atoms with Crippen LogP contribution in [0.2, 0.25) is 0 Å². The molecule has 0 aromatic carbocycles. The largest absolute Gasteiger partial charge is 0.392 e. The van der Waals surface area contributed by atoms with E-state index in [2.05, 4.69) is 9.80 Å². The van der Waals surface area contributed by atoms with E-state index in [1.807, 2.05) is 14.1 Å². The number of aliphatic hydroxyl groups is 2. The molecule has 4 nitrogen and oxygen atoms in total. The molecule has 4 heteroatoms. The van der Waals surface area contributed by atoms with Gasteiger partial charge in [0.2, 0.25) is 0 Å². The number of hydrogen-bond acceptors (Lipinski definition) is 4. The van der Waals surface area contributed by atoms with E-state index in [-0.39, 0.29) is 12.2 Å². The van der Waals surface area contributed by atoms with Gasteiger partial charge in [0.25, 0.3) is 0 Å². The van der Waals surface area contributed by atoms with Gasteiger partial charge in [-0.2, -0.15) is 0 Å². The molecule has 2 unspecified atom stereocenters. The van der Waals surface area contributed by atoms with Crippen molar-refractivity contribution in [2.45, 2.75) is 26.1 Å². The molecule has 86 valence electrons. The Hall–Kier alpha value is -0.160. The molecule has 0 fully saturated rings. The molecular weight excluding hydrogens is 180 g/mol. The molecule has 0 rings (SSSR count). The van der Waals surface area contributed by atoms with Crippen molar-refractivity contribution in [2.24, 2.45) is 0 Å². The van der Waals surface area contributed by atoms with Crippen LogP contribution in [0.25, 0.3) is 0 Å². The average Bonchev–Trinajstić information content (AvgIpc) is 1.98. The van der Waals surface area contributed by atoms with E-state index in [0.29, 0.717) is 13.1 Å². The molecule has 0 aliphatic carbocycles. The third-order valence-electron chi connectivity index (χ3n) is 2.02. The summed E-state index contributed by atoms with van der Waals surface area (Å²) in [4.78, 5) is 4.17. The van der Waals surface area contributed by atoms with Gasteiger partial charge in [0.1, 0.15) is 0 Å². The summed E-state index contributed by atoms with van der Waals surface area (Å²) in [6.45, 7) is 6.79. The highest BCUT2D eigenvalue weighted by atomic mass is 16.3. The summed E-state index contributed by atoms with van der Waals surface area (Å²) < 4.78 is 0. The topological polar surface area (TPSA) is 46.9 Å². The second-order valence-electron chi connectivity index (χ2n) is 4.22. The first-order valence-corrected chi connectivity index (χ1v) is 5.15. The zero-order valence-corrected chi connectivity index (χ0v) is 9.77. The summed E-state index contributed by atoms with van der Waals surface area (Å²) in [6, 6.07) is 0. The third-order valence-corrected chi connectivity index (χ3v) is 2.02. The van der Waals surface area contributed by atoms with Gasteiger partial charge < -0.3 is 20.0 Å². The van der Waals surface area contributed by atoms with Gasteiger partial charge in [0.15, 0.2) is 0 Å². The van der Waals surface area contributed by atoms with Crippen LogP contribution >= 0.6 is 0 Å². The predicted octanol–water partition coefficient (Wildman–Crippen LogP) is -0.388. The molecule has 14 heavy (non-hydrogen) atoms. The van der Waals surface area contributed by atoms with Gasteiger partial charge in [0.05, 0.1) is 12.2 Å². The van der Waals surface area contributed by atoms with E-state index in [4.69, 9.17) is 10.2 Å². The van der Waals surface area contributed by atoms with Crippen LogP contribution in [0.3, 0.4) is 0 Å². The first kappa shape index (κ1) is 13.8. The van der Waals surface area contributed by atoms with Crippen LogP contribution in [-0.4, -0.2) is 72.5 Å². The maximum atomic E-state index is 9.14. The Labute approximate surface area is 87.1 Å². The fraction of sp³-hybridized carbons (Fsp3) is 1.00. The summed E-state index contributed by atoms with van der Waals surface area (Å²) in [6.07, 6.45) is -0.552. The van der Waals surface area contributed by atoms with Crippen molar-refractivity contribution in [1.29, 1.82) is 0 Å². The van der Waals surface area contributed by atoms with E-state index in [1.165, 1.54) is 0 Å². The molecule has 0 amide bonds. The highest BCUT2D eigenvalue weighted by molar-refractivity contribution is 4.61. The van der Waals surface area contributed by atoms with Crippen molar-refractivity contribution in [3.63, 3.8) is 0 Å². The summed E-state index contributed by atoms with van der Waals surface area (Å²) in [5.74, 6) is 0. The normalized spacial score (nSPS) is 16.3. The highest BCUT2D eigenvalue weighted by Gasteiger charge is 2.06. The standard InChI is InChI=1S/C10H24N2O2/c1-9(13)7-11(3)5-6-12(4)8-10(2)14/h9-10,13-14H,5-8H2,1-4H3. The average molecular weight is 204 g/mol. The van der Waals surface area contributed by atoms with Crippen molar-refractivity contribution >= 4 is 0 Å². The van der Waals surface area contributed by atoms with Gasteiger partial charge in [-0.25, -0.2) is 0 Å². The lowest BCUT2D eigenvalue weighted by Gasteiger charge is -2.23. The molecule has 0 aliphatic heterocycles. The molecular formula is C10H24N2O2. The van der Waals surface area contributed by atoms with Crippen LogP contribution in [0.1, 0.15) is 13.8 Å². The Kier molecular flexibility index (Phi) is 7.09. The first-order chi connectivity index (χ1) is 6.41. The molecule has 0 spiro atoms. The van der Waals surface area contributed by atoms with Crippen LogP contribution in [0.4, 0.5) is 0 Å². The number of aliphatic hydroxyl groups excluding tert-OH is 2. The third kappa shape index (κ3) is 8.44. The molecule has 2 N–H and O–H groups in total. The van der Waals surface area contributed by atoms with Crippen LogP contribution in [-0.2, 0) is 0 Å². The Morgan fingerprint density at radius 3 is 1.36 bits per heavy atom. The Bertz CT molecular complexity index is 124. The van der Waals surface area contributed by atoms with Gasteiger partial charge >= 0.3 is 0 Å². The Morgan fingerprint density at radius 2 is 1.14 bits per heavy atom. The van der Waals surface area contributed by atoms with Gasteiger partial charge in [-0.1, -0.05) is 0 Å². The summed E-state index contributed by atoms with van der Waals surface area (Å²) in [5, 5.41) is 18.3. The summed E-state index contributed by atoms with van der Waals surface area (Å²) in [7, 11) is 3.98. The second-order valence-corrected chi connectivity index (χ2v) is 4.22. The molecule has 0 aliphatic rings. The van der Waals surface area contributed by atoms with E-state index >= 15 is 0 Å². The molecule has 0 aromatic rings. The molecule has 0 saturated carbocycles. The van der Waals surface area contributed by atoms with Crippen molar-refractivity contribution in [1.82, 2.24) is 9.80 Å². The van der Waals surface area contributed by atoms with Gasteiger partial charge in [0, 0.05) is 26.2 Å². The lowest BCUT2D eigenvalue weighted by molar-refractivity contribution is 0.116. The van der Waals surface area contributed by atoms with Gasteiger partial charge in [-0.15, -0.1) is 0 Å². The molecule has 0 aromatic heterocycles. The number of nitrogens with zero attached hydrogens (tertiary/aromatic N) is 2. The Balaban J connectivity index is 3.50. The lowest BCUT2D eigenvalue weighted by Crippen LogP contribution is -2.36. The van der Waals surface area contributed by atoms with Gasteiger partial charge in [-0.05, 0) is 27.9 Å². The van der Waals surface area contributed by atoms with Crippen molar-refractivity contribution in [2.75, 3.05) is 40.3 Å². The zero-order chi connectivity index (χ0) is 11.1. The lowest BCUT2D eigenvalue weighted by atomic mass is 10.3. The minimum atomic E-state index is -0.276. The van der Waals surface area contributed by atoms with Crippen LogP contribution < -0.4 is 0 Å². The minimum absolute atomic E-state index is 0.276. The highest BCUT2D eigenvalue weighted by Crippen LogP contribution is 1.91. The van der Waals surface area contributed by atoms with Crippen LogP contribution in [0.5, 0.6) is 0 Å². The van der Waals surface area contributed by atoms with E-state index in [0.717, 1.165) is 13.1 Å². The predicted molar refractivity (Wildman–Crippen MR) is 58.4 cm³/mol. The minimum Gasteiger partial charge on any atom is -0.392 e. The van der Waals surface area contributed by atoms with Gasteiger partial charge in [-0.3, -0.25) is 0 Å². The van der Waals surface area contributed by atoms with Crippen LogP contribution in [0, 0.1) is 0 Å². The summed E-state index contributed by atoms with van der Waals surface area (Å²) >= 11 is 0. The number of rotatable bonds is 7. The summed E-state index contributed by atoms with van der Waals surface area (Å²) in [5.41, 5.74) is 0. The Morgan fingerprint density at radius 1 is 0.857 bits per heavy atom. The van der Waals surface area contributed by atoms with E-state index in [1.54, 1.807) is 13.8 Å². The van der Waals surface area contributed by atoms with Crippen LogP contribution in [0.15, 0.2) is 0 Å². The van der Waals surface area contributed by atoms with E-state index in [9.17, 15) is 0 Å². The maximum Gasteiger partial charge on any atom is 0.0638 e. The van der Waals surface area contributed by atoms with Crippen molar-refractivity contribution < 1.29 is 10.2 Å². The molecule has 2 atom stereocenters. The quantitative estimate of drug-likeness (QED) is 0.593. The molecule has 0 heterocycles. The number of hydrogen-bond donors (Lipinski definition) is 2. The fourth-order valence-corrected chi connectivity index (χ4v) is 1.43. The number of likely N-dealkylation sites (N-methyl/N-ethyl adjacent to an activating group) is 2. The monoisotopic (exact) mass is 204 g/mol. The van der Waals surface area contributed by atoms with Crippen molar-refractivity contribution in [3.8, 4) is 0 Å². The fourth-order valence-electron chi connectivity index (χ4n) is 1.43. The first-order valence-electron chi connectivity index (χ1n) is 5.15. The maximum absolute atomic E-state index is 9.14. The molecule has 0 saturated heterocycles. The van der Waals surface area contributed by atoms with E-state index < -0.39 is 0 Å². The zero-order valence-electron chi connectivity index (χ0n) is 9.77. The SMILES string of the molecule is CC(O)CN(C)CCN(C)CC(C)O. The molecule has 0 bridgehead atoms. The molecule has 0 radical (unpaired) electrons.